The van der Waals surface area contributed by atoms with Crippen LogP contribution < -0.4 is 15.4 Å². The van der Waals surface area contributed by atoms with E-state index in [9.17, 15) is 18.3 Å². The van der Waals surface area contributed by atoms with Crippen molar-refractivity contribution in [3.8, 4) is 6.01 Å². The van der Waals surface area contributed by atoms with Gasteiger partial charge in [-0.1, -0.05) is 12.2 Å². The minimum atomic E-state index is -4.80. The van der Waals surface area contributed by atoms with Crippen LogP contribution in [0.2, 0.25) is 0 Å². The van der Waals surface area contributed by atoms with Crippen molar-refractivity contribution in [1.29, 1.82) is 0 Å². The normalized spacial score (nSPS) is 28.2. The van der Waals surface area contributed by atoms with Crippen LogP contribution in [0.3, 0.4) is 0 Å². The van der Waals surface area contributed by atoms with Crippen LogP contribution in [0.1, 0.15) is 66.7 Å². The number of hydrogen-bond acceptors (Lipinski definition) is 8. The third kappa shape index (κ3) is 5.14. The van der Waals surface area contributed by atoms with Crippen molar-refractivity contribution in [3.63, 3.8) is 0 Å². The molecule has 4 aliphatic rings. The van der Waals surface area contributed by atoms with Gasteiger partial charge in [-0.25, -0.2) is 4.39 Å². The average Bonchev–Trinajstić information content (AvgIpc) is 3.48. The molecular formula is C29H35F4N5O3. The number of piperidine rings is 1. The van der Waals surface area contributed by atoms with Crippen molar-refractivity contribution in [2.45, 2.75) is 76.0 Å². The number of ether oxygens (including phenoxy) is 2. The standard InChI is InChI=1S/C29H35F4N5O3/c1-17-12-19(34)24(30)22(23(17)29(31,32)33)21-13-20-18(14-40-21)25(37-9-3-6-27(2,39)15-37)36-26(35-20)41-16-28-7-4-10-38(28)11-5-8-28/h4,7,12,21,39H,3,5-6,8-11,13-16,34H2,1-2H3. The molecule has 3 unspecified atom stereocenters. The molecule has 0 spiro atoms. The van der Waals surface area contributed by atoms with E-state index in [4.69, 9.17) is 20.2 Å². The van der Waals surface area contributed by atoms with Crippen molar-refractivity contribution < 1.29 is 32.1 Å². The van der Waals surface area contributed by atoms with Gasteiger partial charge >= 0.3 is 12.2 Å². The van der Waals surface area contributed by atoms with E-state index in [1.165, 1.54) is 6.92 Å². The largest absolute Gasteiger partial charge is 0.461 e. The summed E-state index contributed by atoms with van der Waals surface area (Å²) in [6, 6.07) is 1.10. The number of aliphatic hydroxyl groups is 1. The summed E-state index contributed by atoms with van der Waals surface area (Å²) in [4.78, 5) is 13.7. The average molecular weight is 578 g/mol. The quantitative estimate of drug-likeness (QED) is 0.305. The summed E-state index contributed by atoms with van der Waals surface area (Å²) < 4.78 is 69.8. The molecule has 0 radical (unpaired) electrons. The molecule has 2 saturated heterocycles. The number of hydrogen-bond donors (Lipinski definition) is 2. The smallest absolute Gasteiger partial charge is 0.417 e. The van der Waals surface area contributed by atoms with Crippen LogP contribution in [0.5, 0.6) is 6.01 Å². The monoisotopic (exact) mass is 577 g/mol. The summed E-state index contributed by atoms with van der Waals surface area (Å²) in [6.45, 7) is 6.01. The van der Waals surface area contributed by atoms with E-state index in [-0.39, 0.29) is 35.8 Å². The zero-order chi connectivity index (χ0) is 29.2. The molecule has 2 aromatic rings. The number of β-amino-alcohol motifs (C(OH)–C–C–N with tert-alkyl or cyclic N) is 1. The van der Waals surface area contributed by atoms with Crippen LogP contribution in [-0.2, 0) is 23.9 Å². The number of nitrogens with zero attached hydrogens (tertiary/aromatic N) is 4. The summed E-state index contributed by atoms with van der Waals surface area (Å²) >= 11 is 0. The van der Waals surface area contributed by atoms with Gasteiger partial charge in [0, 0.05) is 37.2 Å². The van der Waals surface area contributed by atoms with Crippen LogP contribution in [0.25, 0.3) is 0 Å². The summed E-state index contributed by atoms with van der Waals surface area (Å²) in [5.41, 5.74) is 3.40. The number of benzene rings is 1. The zero-order valence-electron chi connectivity index (χ0n) is 23.2. The van der Waals surface area contributed by atoms with Gasteiger partial charge in [0.2, 0.25) is 0 Å². The lowest BCUT2D eigenvalue weighted by Crippen LogP contribution is -2.47. The molecule has 3 N–H and O–H groups in total. The molecule has 222 valence electrons. The second-order valence-electron chi connectivity index (χ2n) is 12.0. The van der Waals surface area contributed by atoms with E-state index in [1.807, 2.05) is 4.90 Å². The number of nitrogens with two attached hydrogens (primary N) is 1. The highest BCUT2D eigenvalue weighted by molar-refractivity contribution is 5.55. The van der Waals surface area contributed by atoms with Gasteiger partial charge in [0.15, 0.2) is 5.82 Å². The van der Waals surface area contributed by atoms with Gasteiger partial charge in [0.1, 0.15) is 12.4 Å². The van der Waals surface area contributed by atoms with Crippen LogP contribution in [0.15, 0.2) is 18.2 Å². The Morgan fingerprint density at radius 1 is 1.22 bits per heavy atom. The fraction of sp³-hybridized carbons (Fsp3) is 0.586. The van der Waals surface area contributed by atoms with E-state index >= 15 is 4.39 Å². The number of nitrogen functional groups attached to an aromatic ring is 1. The maximum absolute atomic E-state index is 15.3. The van der Waals surface area contributed by atoms with Crippen molar-refractivity contribution >= 4 is 11.5 Å². The minimum absolute atomic E-state index is 0.103. The van der Waals surface area contributed by atoms with E-state index in [2.05, 4.69) is 22.0 Å². The second kappa shape index (κ2) is 10.1. The second-order valence-corrected chi connectivity index (χ2v) is 12.0. The number of anilines is 2. The molecule has 5 heterocycles. The molecule has 1 aromatic heterocycles. The van der Waals surface area contributed by atoms with Gasteiger partial charge in [-0.2, -0.15) is 23.1 Å². The van der Waals surface area contributed by atoms with Crippen molar-refractivity contribution in [1.82, 2.24) is 14.9 Å². The number of aryl methyl sites for hydroxylation is 1. The van der Waals surface area contributed by atoms with E-state index in [0.717, 1.165) is 38.4 Å². The third-order valence-corrected chi connectivity index (χ3v) is 8.84. The van der Waals surface area contributed by atoms with Crippen molar-refractivity contribution in [2.75, 3.05) is 43.4 Å². The Morgan fingerprint density at radius 3 is 2.76 bits per heavy atom. The molecule has 41 heavy (non-hydrogen) atoms. The first-order valence-electron chi connectivity index (χ1n) is 14.1. The molecule has 8 nitrogen and oxygen atoms in total. The van der Waals surface area contributed by atoms with Crippen LogP contribution in [0, 0.1) is 12.7 Å². The van der Waals surface area contributed by atoms with Gasteiger partial charge in [-0.15, -0.1) is 0 Å². The SMILES string of the molecule is Cc1cc(N)c(F)c(C2Cc3nc(OCC45C=CCN4CCC5)nc(N4CCCC(C)(O)C4)c3CO2)c1C(F)(F)F. The fourth-order valence-electron chi connectivity index (χ4n) is 6.89. The molecule has 0 saturated carbocycles. The first-order chi connectivity index (χ1) is 19.4. The molecule has 1 aromatic carbocycles. The number of rotatable bonds is 5. The Kier molecular flexibility index (Phi) is 6.94. The number of fused-ring (bicyclic) bond motifs is 2. The van der Waals surface area contributed by atoms with Crippen LogP contribution >= 0.6 is 0 Å². The zero-order valence-corrected chi connectivity index (χ0v) is 23.2. The van der Waals surface area contributed by atoms with Gasteiger partial charge in [-0.3, -0.25) is 4.90 Å². The van der Waals surface area contributed by atoms with Crippen LogP contribution in [-0.4, -0.2) is 63.9 Å². The summed E-state index contributed by atoms with van der Waals surface area (Å²) in [5, 5.41) is 10.8. The highest BCUT2D eigenvalue weighted by Gasteiger charge is 2.44. The van der Waals surface area contributed by atoms with Gasteiger partial charge in [0.05, 0.1) is 40.8 Å². The van der Waals surface area contributed by atoms with Crippen molar-refractivity contribution in [2.24, 2.45) is 0 Å². The highest BCUT2D eigenvalue weighted by atomic mass is 19.4. The maximum Gasteiger partial charge on any atom is 0.417 e. The lowest BCUT2D eigenvalue weighted by molar-refractivity contribution is -0.140. The molecule has 6 rings (SSSR count). The molecule has 12 heteroatoms. The Morgan fingerprint density at radius 2 is 2.00 bits per heavy atom. The third-order valence-electron chi connectivity index (χ3n) is 8.84. The molecule has 0 bridgehead atoms. The molecular weight excluding hydrogens is 542 g/mol. The number of alkyl halides is 3. The number of aromatic nitrogens is 2. The van der Waals surface area contributed by atoms with E-state index in [1.54, 1.807) is 6.92 Å². The first kappa shape index (κ1) is 28.2. The minimum Gasteiger partial charge on any atom is -0.461 e. The highest BCUT2D eigenvalue weighted by Crippen LogP contribution is 2.45. The molecule has 0 aliphatic carbocycles. The lowest BCUT2D eigenvalue weighted by atomic mass is 9.91. The van der Waals surface area contributed by atoms with Gasteiger partial charge in [0.25, 0.3) is 0 Å². The Labute approximate surface area is 236 Å². The predicted octanol–water partition coefficient (Wildman–Crippen LogP) is 4.47. The molecule has 4 aliphatic heterocycles. The summed E-state index contributed by atoms with van der Waals surface area (Å²) in [7, 11) is 0. The van der Waals surface area contributed by atoms with E-state index in [0.29, 0.717) is 43.2 Å². The molecule has 3 atom stereocenters. The Hall–Kier alpha value is -2.96. The first-order valence-corrected chi connectivity index (χ1v) is 14.1. The van der Waals surface area contributed by atoms with E-state index < -0.39 is 34.8 Å². The molecule has 2 fully saturated rings. The fourth-order valence-corrected chi connectivity index (χ4v) is 6.89. The topological polar surface area (TPSA) is 97.0 Å². The Bertz CT molecular complexity index is 1380. The van der Waals surface area contributed by atoms with Crippen molar-refractivity contribution in [3.05, 3.63) is 52.0 Å². The predicted molar refractivity (Wildman–Crippen MR) is 144 cm³/mol. The van der Waals surface area contributed by atoms with Gasteiger partial charge < -0.3 is 25.2 Å². The Balaban J connectivity index is 1.38. The summed E-state index contributed by atoms with van der Waals surface area (Å²) in [6.07, 6.45) is 1.47. The lowest BCUT2D eigenvalue weighted by Gasteiger charge is -2.39. The summed E-state index contributed by atoms with van der Waals surface area (Å²) in [5.74, 6) is -0.617. The molecule has 0 amide bonds. The van der Waals surface area contributed by atoms with Crippen LogP contribution in [0.4, 0.5) is 29.1 Å². The van der Waals surface area contributed by atoms with Gasteiger partial charge in [-0.05, 0) is 57.7 Å². The number of halogens is 4. The maximum atomic E-state index is 15.3.